The van der Waals surface area contributed by atoms with E-state index in [2.05, 4.69) is 68.6 Å². The Kier molecular flexibility index (Phi) is 6.39. The van der Waals surface area contributed by atoms with Crippen molar-refractivity contribution in [3.05, 3.63) is 54.9 Å². The molecule has 0 bridgehead atoms. The number of rotatable bonds is 7. The van der Waals surface area contributed by atoms with Crippen molar-refractivity contribution < 1.29 is 4.74 Å². The predicted octanol–water partition coefficient (Wildman–Crippen LogP) is 4.33. The first-order valence-electron chi connectivity index (χ1n) is 10.5. The van der Waals surface area contributed by atoms with Crippen molar-refractivity contribution in [1.82, 2.24) is 15.0 Å². The van der Waals surface area contributed by atoms with Crippen LogP contribution in [-0.4, -0.2) is 47.3 Å². The number of ether oxygens (including phenoxy) is 1. The van der Waals surface area contributed by atoms with Gasteiger partial charge in [-0.25, -0.2) is 4.98 Å². The Morgan fingerprint density at radius 3 is 2.60 bits per heavy atom. The maximum atomic E-state index is 5.44. The molecule has 1 fully saturated rings. The minimum absolute atomic E-state index is 0.287. The Morgan fingerprint density at radius 2 is 1.90 bits per heavy atom. The molecule has 3 heterocycles. The van der Waals surface area contributed by atoms with Crippen LogP contribution in [0.2, 0.25) is 0 Å². The number of hydrogen-bond acceptors (Lipinski definition) is 7. The summed E-state index contributed by atoms with van der Waals surface area (Å²) in [6, 6.07) is 14.6. The molecule has 0 aliphatic carbocycles. The molecule has 1 saturated heterocycles. The van der Waals surface area contributed by atoms with E-state index < -0.39 is 0 Å². The molecule has 30 heavy (non-hydrogen) atoms. The smallest absolute Gasteiger partial charge is 0.225 e. The van der Waals surface area contributed by atoms with Gasteiger partial charge in [0.25, 0.3) is 0 Å². The van der Waals surface area contributed by atoms with Crippen LogP contribution in [0.5, 0.6) is 0 Å². The zero-order chi connectivity index (χ0) is 20.8. The van der Waals surface area contributed by atoms with Crippen molar-refractivity contribution in [2.24, 2.45) is 0 Å². The molecule has 0 spiro atoms. The lowest BCUT2D eigenvalue weighted by Crippen LogP contribution is -2.36. The number of nitrogens with one attached hydrogen (secondary N) is 2. The average molecular weight is 405 g/mol. The summed E-state index contributed by atoms with van der Waals surface area (Å²) in [6.45, 7) is 7.68. The number of nitrogens with zero attached hydrogens (tertiary/aromatic N) is 4. The summed E-state index contributed by atoms with van der Waals surface area (Å²) in [7, 11) is 0. The van der Waals surface area contributed by atoms with Crippen molar-refractivity contribution in [2.75, 3.05) is 41.8 Å². The van der Waals surface area contributed by atoms with Crippen LogP contribution in [-0.2, 0) is 4.74 Å². The number of anilines is 4. The third-order valence-electron chi connectivity index (χ3n) is 5.19. The monoisotopic (exact) mass is 404 g/mol. The lowest BCUT2D eigenvalue weighted by Gasteiger charge is -2.28. The van der Waals surface area contributed by atoms with E-state index in [9.17, 15) is 0 Å². The largest absolute Gasteiger partial charge is 0.378 e. The third-order valence-corrected chi connectivity index (χ3v) is 5.19. The van der Waals surface area contributed by atoms with E-state index in [1.165, 1.54) is 5.69 Å². The molecule has 0 unspecified atom stereocenters. The molecule has 1 atom stereocenters. The van der Waals surface area contributed by atoms with E-state index in [1.807, 2.05) is 24.4 Å². The standard InChI is InChI=1S/C23H28N6O/c1-3-17(2)25-23-27-21(18-5-4-10-24-16-18)15-22(28-23)26-19-6-8-20(9-7-19)29-11-13-30-14-12-29/h4-10,15-17H,3,11-14H2,1-2H3,(H2,25,26,27,28)/t17-/m1/s1. The summed E-state index contributed by atoms with van der Waals surface area (Å²) in [5.41, 5.74) is 3.98. The molecule has 4 rings (SSSR count). The molecule has 7 heteroatoms. The highest BCUT2D eigenvalue weighted by molar-refractivity contribution is 5.68. The number of hydrogen-bond donors (Lipinski definition) is 2. The molecule has 0 saturated carbocycles. The quantitative estimate of drug-likeness (QED) is 0.607. The van der Waals surface area contributed by atoms with Crippen molar-refractivity contribution in [2.45, 2.75) is 26.3 Å². The van der Waals surface area contributed by atoms with Crippen LogP contribution in [0, 0.1) is 0 Å². The van der Waals surface area contributed by atoms with Gasteiger partial charge in [-0.3, -0.25) is 4.98 Å². The summed E-state index contributed by atoms with van der Waals surface area (Å²) < 4.78 is 5.44. The number of aromatic nitrogens is 3. The van der Waals surface area contributed by atoms with Crippen molar-refractivity contribution in [3.8, 4) is 11.3 Å². The molecule has 2 aromatic heterocycles. The van der Waals surface area contributed by atoms with Crippen LogP contribution in [0.1, 0.15) is 20.3 Å². The first kappa shape index (κ1) is 20.1. The van der Waals surface area contributed by atoms with E-state index in [0.29, 0.717) is 5.95 Å². The first-order valence-corrected chi connectivity index (χ1v) is 10.5. The molecule has 1 aliphatic rings. The minimum Gasteiger partial charge on any atom is -0.378 e. The van der Waals surface area contributed by atoms with Gasteiger partial charge in [0.1, 0.15) is 5.82 Å². The zero-order valence-corrected chi connectivity index (χ0v) is 17.5. The van der Waals surface area contributed by atoms with Gasteiger partial charge in [-0.15, -0.1) is 0 Å². The lowest BCUT2D eigenvalue weighted by molar-refractivity contribution is 0.122. The predicted molar refractivity (Wildman–Crippen MR) is 121 cm³/mol. The van der Waals surface area contributed by atoms with E-state index in [-0.39, 0.29) is 6.04 Å². The highest BCUT2D eigenvalue weighted by Gasteiger charge is 2.12. The second-order valence-corrected chi connectivity index (χ2v) is 7.43. The molecule has 3 aromatic rings. The minimum atomic E-state index is 0.287. The molecule has 0 amide bonds. The topological polar surface area (TPSA) is 75.2 Å². The fraction of sp³-hybridized carbons (Fsp3) is 0.348. The highest BCUT2D eigenvalue weighted by Crippen LogP contribution is 2.25. The highest BCUT2D eigenvalue weighted by atomic mass is 16.5. The first-order chi connectivity index (χ1) is 14.7. The molecular formula is C23H28N6O. The van der Waals surface area contributed by atoms with E-state index in [1.54, 1.807) is 6.20 Å². The van der Waals surface area contributed by atoms with Gasteiger partial charge in [-0.05, 0) is 49.7 Å². The third kappa shape index (κ3) is 5.04. The maximum absolute atomic E-state index is 5.44. The van der Waals surface area contributed by atoms with E-state index in [0.717, 1.165) is 55.5 Å². The SMILES string of the molecule is CC[C@@H](C)Nc1nc(Nc2ccc(N3CCOCC3)cc2)cc(-c2cccnc2)n1. The normalized spacial score (nSPS) is 14.9. The Labute approximate surface area is 177 Å². The molecule has 1 aliphatic heterocycles. The second-order valence-electron chi connectivity index (χ2n) is 7.43. The fourth-order valence-corrected chi connectivity index (χ4v) is 3.29. The van der Waals surface area contributed by atoms with Crippen LogP contribution < -0.4 is 15.5 Å². The molecule has 1 aromatic carbocycles. The van der Waals surface area contributed by atoms with Gasteiger partial charge in [-0.2, -0.15) is 4.98 Å². The van der Waals surface area contributed by atoms with E-state index in [4.69, 9.17) is 4.74 Å². The van der Waals surface area contributed by atoms with Gasteiger partial charge in [-0.1, -0.05) is 6.92 Å². The molecular weight excluding hydrogens is 376 g/mol. The Hall–Kier alpha value is -3.19. The molecule has 0 radical (unpaired) electrons. The van der Waals surface area contributed by atoms with Gasteiger partial charge in [0.15, 0.2) is 0 Å². The molecule has 156 valence electrons. The van der Waals surface area contributed by atoms with Crippen LogP contribution in [0.25, 0.3) is 11.3 Å². The number of morpholine rings is 1. The van der Waals surface area contributed by atoms with Gasteiger partial charge in [0.2, 0.25) is 5.95 Å². The van der Waals surface area contributed by atoms with Crippen LogP contribution in [0.4, 0.5) is 23.1 Å². The zero-order valence-electron chi connectivity index (χ0n) is 17.5. The van der Waals surface area contributed by atoms with E-state index >= 15 is 0 Å². The number of pyridine rings is 1. The van der Waals surface area contributed by atoms with Crippen LogP contribution in [0.3, 0.4) is 0 Å². The molecule has 2 N–H and O–H groups in total. The summed E-state index contributed by atoms with van der Waals surface area (Å²) in [5.74, 6) is 1.35. The van der Waals surface area contributed by atoms with Crippen molar-refractivity contribution in [3.63, 3.8) is 0 Å². The fourth-order valence-electron chi connectivity index (χ4n) is 3.29. The summed E-state index contributed by atoms with van der Waals surface area (Å²) in [4.78, 5) is 15.9. The second kappa shape index (κ2) is 9.54. The Morgan fingerprint density at radius 1 is 1.10 bits per heavy atom. The summed E-state index contributed by atoms with van der Waals surface area (Å²) >= 11 is 0. The summed E-state index contributed by atoms with van der Waals surface area (Å²) in [6.07, 6.45) is 4.57. The molecule has 7 nitrogen and oxygen atoms in total. The van der Waals surface area contributed by atoms with Crippen LogP contribution in [0.15, 0.2) is 54.9 Å². The lowest BCUT2D eigenvalue weighted by atomic mass is 10.2. The van der Waals surface area contributed by atoms with Gasteiger partial charge >= 0.3 is 0 Å². The average Bonchev–Trinajstić information content (AvgIpc) is 2.80. The number of benzene rings is 1. The van der Waals surface area contributed by atoms with Gasteiger partial charge < -0.3 is 20.3 Å². The Bertz CT molecular complexity index is 942. The Balaban J connectivity index is 1.57. The van der Waals surface area contributed by atoms with Crippen molar-refractivity contribution in [1.29, 1.82) is 0 Å². The van der Waals surface area contributed by atoms with Gasteiger partial charge in [0.05, 0.1) is 18.9 Å². The van der Waals surface area contributed by atoms with Crippen molar-refractivity contribution >= 4 is 23.1 Å². The maximum Gasteiger partial charge on any atom is 0.225 e. The van der Waals surface area contributed by atoms with Crippen LogP contribution >= 0.6 is 0 Å². The van der Waals surface area contributed by atoms with Gasteiger partial charge in [0, 0.05) is 54.5 Å². The summed E-state index contributed by atoms with van der Waals surface area (Å²) in [5, 5.41) is 6.80.